The lowest BCUT2D eigenvalue weighted by Crippen LogP contribution is -1.96. The van der Waals surface area contributed by atoms with E-state index in [1.165, 1.54) is 28.1 Å². The van der Waals surface area contributed by atoms with Gasteiger partial charge in [0.05, 0.1) is 5.02 Å². The molecule has 4 aromatic rings. The van der Waals surface area contributed by atoms with E-state index in [9.17, 15) is 0 Å². The molecule has 0 atom stereocenters. The molecule has 3 aromatic carbocycles. The lowest BCUT2D eigenvalue weighted by Gasteiger charge is -2.05. The van der Waals surface area contributed by atoms with Gasteiger partial charge in [0.2, 0.25) is 0 Å². The van der Waals surface area contributed by atoms with Crippen LogP contribution in [-0.2, 0) is 12.4 Å². The van der Waals surface area contributed by atoms with Crippen molar-refractivity contribution < 1.29 is 9.15 Å². The predicted octanol–water partition coefficient (Wildman–Crippen LogP) is 6.40. The van der Waals surface area contributed by atoms with Crippen LogP contribution in [0.1, 0.15) is 11.5 Å². The Labute approximate surface area is 170 Å². The smallest absolute Gasteiger partial charge is 0.277 e. The van der Waals surface area contributed by atoms with Crippen molar-refractivity contribution in [2.75, 3.05) is 0 Å². The van der Waals surface area contributed by atoms with Gasteiger partial charge in [0.25, 0.3) is 11.1 Å². The fourth-order valence-electron chi connectivity index (χ4n) is 2.64. The average Bonchev–Trinajstić information content (AvgIpc) is 3.13. The van der Waals surface area contributed by atoms with E-state index in [-0.39, 0.29) is 6.61 Å². The summed E-state index contributed by atoms with van der Waals surface area (Å²) >= 11 is 13.5. The Hall–Kier alpha value is -2.21. The van der Waals surface area contributed by atoms with Gasteiger partial charge in [-0.05, 0) is 34.5 Å². The van der Waals surface area contributed by atoms with Crippen molar-refractivity contribution in [1.82, 2.24) is 10.2 Å². The lowest BCUT2D eigenvalue weighted by molar-refractivity contribution is 0.252. The van der Waals surface area contributed by atoms with Crippen LogP contribution in [0.4, 0.5) is 0 Å². The zero-order valence-electron chi connectivity index (χ0n) is 14.1. The Kier molecular flexibility index (Phi) is 5.53. The number of rotatable bonds is 6. The van der Waals surface area contributed by atoms with E-state index in [0.29, 0.717) is 26.9 Å². The molecule has 0 aliphatic rings. The molecule has 0 aliphatic heterocycles. The number of hydrogen-bond donors (Lipinski definition) is 0. The first-order valence-electron chi connectivity index (χ1n) is 8.19. The number of hydrogen-bond acceptors (Lipinski definition) is 5. The molecule has 0 spiro atoms. The van der Waals surface area contributed by atoms with Crippen molar-refractivity contribution in [3.8, 4) is 5.75 Å². The van der Waals surface area contributed by atoms with Gasteiger partial charge in [-0.15, -0.1) is 10.2 Å². The second-order valence-electron chi connectivity index (χ2n) is 5.75. The standard InChI is InChI=1S/C20H14Cl2N2O2S/c21-15-8-9-18(17(22)10-15)25-11-19-23-24-20(26-19)27-12-14-6-3-5-13-4-1-2-7-16(13)14/h1-10H,11-12H2. The maximum absolute atomic E-state index is 6.09. The molecule has 0 N–H and O–H groups in total. The van der Waals surface area contributed by atoms with Crippen molar-refractivity contribution in [3.63, 3.8) is 0 Å². The molecule has 27 heavy (non-hydrogen) atoms. The highest BCUT2D eigenvalue weighted by molar-refractivity contribution is 7.98. The van der Waals surface area contributed by atoms with E-state index in [1.807, 2.05) is 12.1 Å². The summed E-state index contributed by atoms with van der Waals surface area (Å²) in [5.41, 5.74) is 1.22. The zero-order valence-corrected chi connectivity index (χ0v) is 16.4. The summed E-state index contributed by atoms with van der Waals surface area (Å²) in [6.07, 6.45) is 0. The van der Waals surface area contributed by atoms with E-state index in [0.717, 1.165) is 5.75 Å². The molecule has 0 unspecified atom stereocenters. The largest absolute Gasteiger partial charge is 0.482 e. The Morgan fingerprint density at radius 3 is 2.70 bits per heavy atom. The second kappa shape index (κ2) is 8.21. The minimum Gasteiger partial charge on any atom is -0.482 e. The Bertz CT molecular complexity index is 1080. The summed E-state index contributed by atoms with van der Waals surface area (Å²) in [5, 5.41) is 12.0. The predicted molar refractivity (Wildman–Crippen MR) is 109 cm³/mol. The molecule has 0 bridgehead atoms. The van der Waals surface area contributed by atoms with Gasteiger partial charge >= 0.3 is 0 Å². The van der Waals surface area contributed by atoms with Crippen LogP contribution in [0.3, 0.4) is 0 Å². The van der Waals surface area contributed by atoms with E-state index in [4.69, 9.17) is 32.4 Å². The molecule has 7 heteroatoms. The van der Waals surface area contributed by atoms with Crippen molar-refractivity contribution in [2.24, 2.45) is 0 Å². The summed E-state index contributed by atoms with van der Waals surface area (Å²) in [4.78, 5) is 0. The topological polar surface area (TPSA) is 48.2 Å². The van der Waals surface area contributed by atoms with Gasteiger partial charge in [-0.2, -0.15) is 0 Å². The Balaban J connectivity index is 1.39. The van der Waals surface area contributed by atoms with E-state index in [2.05, 4.69) is 40.5 Å². The van der Waals surface area contributed by atoms with Gasteiger partial charge in [-0.25, -0.2) is 0 Å². The number of thioether (sulfide) groups is 1. The number of nitrogens with zero attached hydrogens (tertiary/aromatic N) is 2. The number of ether oxygens (including phenoxy) is 1. The van der Waals surface area contributed by atoms with Crippen LogP contribution in [0.25, 0.3) is 10.8 Å². The van der Waals surface area contributed by atoms with Crippen LogP contribution in [0.2, 0.25) is 10.0 Å². The molecule has 4 nitrogen and oxygen atoms in total. The van der Waals surface area contributed by atoms with Gasteiger partial charge in [0, 0.05) is 10.8 Å². The minimum absolute atomic E-state index is 0.142. The third-order valence-electron chi connectivity index (χ3n) is 3.92. The lowest BCUT2D eigenvalue weighted by atomic mass is 10.1. The molecular formula is C20H14Cl2N2O2S. The number of halogens is 2. The molecule has 1 heterocycles. The van der Waals surface area contributed by atoms with Crippen LogP contribution in [0.5, 0.6) is 5.75 Å². The molecule has 0 amide bonds. The van der Waals surface area contributed by atoms with Crippen molar-refractivity contribution in [3.05, 3.63) is 82.2 Å². The van der Waals surface area contributed by atoms with E-state index < -0.39 is 0 Å². The van der Waals surface area contributed by atoms with Crippen molar-refractivity contribution in [1.29, 1.82) is 0 Å². The number of benzene rings is 3. The van der Waals surface area contributed by atoms with Gasteiger partial charge < -0.3 is 9.15 Å². The molecule has 0 saturated heterocycles. The molecule has 0 aliphatic carbocycles. The summed E-state index contributed by atoms with van der Waals surface area (Å²) in [6.45, 7) is 0.142. The maximum atomic E-state index is 6.09. The highest BCUT2D eigenvalue weighted by Gasteiger charge is 2.10. The molecule has 0 saturated carbocycles. The Morgan fingerprint density at radius 2 is 1.81 bits per heavy atom. The van der Waals surface area contributed by atoms with Crippen molar-refractivity contribution in [2.45, 2.75) is 17.6 Å². The highest BCUT2D eigenvalue weighted by atomic mass is 35.5. The third kappa shape index (κ3) is 4.38. The van der Waals surface area contributed by atoms with Gasteiger partial charge in [0.1, 0.15) is 5.75 Å². The monoisotopic (exact) mass is 416 g/mol. The van der Waals surface area contributed by atoms with E-state index in [1.54, 1.807) is 18.2 Å². The summed E-state index contributed by atoms with van der Waals surface area (Å²) in [7, 11) is 0. The first kappa shape index (κ1) is 18.2. The zero-order chi connectivity index (χ0) is 18.6. The maximum Gasteiger partial charge on any atom is 0.277 e. The highest BCUT2D eigenvalue weighted by Crippen LogP contribution is 2.29. The second-order valence-corrected chi connectivity index (χ2v) is 7.52. The summed E-state index contributed by atoms with van der Waals surface area (Å²) in [6, 6.07) is 19.6. The quantitative estimate of drug-likeness (QED) is 0.340. The van der Waals surface area contributed by atoms with Gasteiger partial charge in [0.15, 0.2) is 6.61 Å². The number of fused-ring (bicyclic) bond motifs is 1. The molecule has 136 valence electrons. The summed E-state index contributed by atoms with van der Waals surface area (Å²) < 4.78 is 11.3. The van der Waals surface area contributed by atoms with Gasteiger partial charge in [-0.1, -0.05) is 77.4 Å². The van der Waals surface area contributed by atoms with Crippen molar-refractivity contribution >= 4 is 45.7 Å². The fraction of sp³-hybridized carbons (Fsp3) is 0.100. The first-order valence-corrected chi connectivity index (χ1v) is 9.93. The van der Waals surface area contributed by atoms with Crippen LogP contribution in [0.15, 0.2) is 70.3 Å². The minimum atomic E-state index is 0.142. The van der Waals surface area contributed by atoms with Crippen LogP contribution in [-0.4, -0.2) is 10.2 Å². The van der Waals surface area contributed by atoms with E-state index >= 15 is 0 Å². The average molecular weight is 417 g/mol. The molecule has 4 rings (SSSR count). The molecule has 1 aromatic heterocycles. The van der Waals surface area contributed by atoms with Crippen LogP contribution in [0, 0.1) is 0 Å². The number of aromatic nitrogens is 2. The normalized spacial score (nSPS) is 11.0. The van der Waals surface area contributed by atoms with Crippen LogP contribution < -0.4 is 4.74 Å². The molecule has 0 radical (unpaired) electrons. The molecule has 0 fully saturated rings. The SMILES string of the molecule is Clc1ccc(OCc2nnc(SCc3cccc4ccccc34)o2)c(Cl)c1. The fourth-order valence-corrected chi connectivity index (χ4v) is 3.89. The Morgan fingerprint density at radius 1 is 0.963 bits per heavy atom. The van der Waals surface area contributed by atoms with Crippen LogP contribution >= 0.6 is 35.0 Å². The summed E-state index contributed by atoms with van der Waals surface area (Å²) in [5.74, 6) is 1.65. The van der Waals surface area contributed by atoms with Gasteiger partial charge in [-0.3, -0.25) is 0 Å². The molecular weight excluding hydrogens is 403 g/mol. The third-order valence-corrected chi connectivity index (χ3v) is 5.32. The first-order chi connectivity index (χ1) is 13.2.